The third kappa shape index (κ3) is 7.96. The number of halogens is 2. The number of likely N-dealkylation sites (N-methyl/N-ethyl adjacent to an activating group) is 1. The fourth-order valence-corrected chi connectivity index (χ4v) is 5.39. The Morgan fingerprint density at radius 1 is 0.921 bits per heavy atom. The third-order valence-electron chi connectivity index (χ3n) is 6.00. The Hall–Kier alpha value is -3.07. The van der Waals surface area contributed by atoms with Gasteiger partial charge in [0.2, 0.25) is 21.8 Å². The molecular weight excluding hydrogens is 545 g/mol. The summed E-state index contributed by atoms with van der Waals surface area (Å²) in [6.07, 6.45) is 1.30. The Labute approximate surface area is 234 Å². The molecule has 1 atom stereocenters. The van der Waals surface area contributed by atoms with Gasteiger partial charge in [-0.1, -0.05) is 65.7 Å². The van der Waals surface area contributed by atoms with Gasteiger partial charge in [0, 0.05) is 29.6 Å². The SMILES string of the molecule is CCNC(=O)[C@@H](Cc1ccccc1)N(Cc1ccc(Cl)cc1)C(=O)CN(c1ccc(Cl)cc1C)S(C)(=O)=O. The lowest BCUT2D eigenvalue weighted by molar-refractivity contribution is -0.140. The van der Waals surface area contributed by atoms with Crippen LogP contribution in [0.5, 0.6) is 0 Å². The molecule has 3 rings (SSSR count). The van der Waals surface area contributed by atoms with Gasteiger partial charge < -0.3 is 10.2 Å². The minimum atomic E-state index is -3.85. The first-order valence-corrected chi connectivity index (χ1v) is 14.7. The van der Waals surface area contributed by atoms with Crippen LogP contribution >= 0.6 is 23.2 Å². The van der Waals surface area contributed by atoms with Gasteiger partial charge in [-0.05, 0) is 60.9 Å². The second-order valence-electron chi connectivity index (χ2n) is 8.95. The molecule has 10 heteroatoms. The van der Waals surface area contributed by atoms with Gasteiger partial charge in [-0.15, -0.1) is 0 Å². The number of amides is 2. The largest absolute Gasteiger partial charge is 0.355 e. The summed E-state index contributed by atoms with van der Waals surface area (Å²) < 4.78 is 26.7. The molecule has 0 spiro atoms. The molecule has 0 heterocycles. The quantitative estimate of drug-likeness (QED) is 0.354. The minimum absolute atomic E-state index is 0.0852. The molecular formula is C28H31Cl2N3O4S. The van der Waals surface area contributed by atoms with Gasteiger partial charge >= 0.3 is 0 Å². The summed E-state index contributed by atoms with van der Waals surface area (Å²) in [4.78, 5) is 28.7. The Kier molecular flexibility index (Phi) is 10.2. The van der Waals surface area contributed by atoms with Crippen molar-refractivity contribution in [1.82, 2.24) is 10.2 Å². The standard InChI is InChI=1S/C28H31Cl2N3O4S/c1-4-31-28(35)26(17-21-8-6-5-7-9-21)32(18-22-10-12-23(29)13-11-22)27(34)19-33(38(3,36)37)25-15-14-24(30)16-20(25)2/h5-16,26H,4,17-19H2,1-3H3,(H,31,35)/t26-/m1/s1. The van der Waals surface area contributed by atoms with E-state index >= 15 is 0 Å². The van der Waals surface area contributed by atoms with Crippen molar-refractivity contribution in [3.8, 4) is 0 Å². The first-order chi connectivity index (χ1) is 18.0. The van der Waals surface area contributed by atoms with Gasteiger partial charge in [0.15, 0.2) is 0 Å². The van der Waals surface area contributed by atoms with Crippen LogP contribution in [0.15, 0.2) is 72.8 Å². The number of hydrogen-bond donors (Lipinski definition) is 1. The summed E-state index contributed by atoms with van der Waals surface area (Å²) in [5.74, 6) is -0.848. The lowest BCUT2D eigenvalue weighted by atomic mass is 10.0. The summed E-state index contributed by atoms with van der Waals surface area (Å²) in [6, 6.07) is 20.2. The number of anilines is 1. The summed E-state index contributed by atoms with van der Waals surface area (Å²) in [5, 5.41) is 3.82. The van der Waals surface area contributed by atoms with Crippen molar-refractivity contribution in [2.75, 3.05) is 23.7 Å². The molecule has 0 aliphatic heterocycles. The smallest absolute Gasteiger partial charge is 0.244 e. The second kappa shape index (κ2) is 13.1. The number of sulfonamides is 1. The van der Waals surface area contributed by atoms with Crippen LogP contribution in [0.1, 0.15) is 23.6 Å². The Morgan fingerprint density at radius 3 is 2.13 bits per heavy atom. The van der Waals surface area contributed by atoms with E-state index in [0.717, 1.165) is 21.7 Å². The zero-order valence-corrected chi connectivity index (χ0v) is 23.9. The van der Waals surface area contributed by atoms with E-state index in [1.54, 1.807) is 56.3 Å². The van der Waals surface area contributed by atoms with Crippen LogP contribution in [0.2, 0.25) is 10.0 Å². The molecule has 0 fully saturated rings. The maximum absolute atomic E-state index is 14.0. The fourth-order valence-electron chi connectivity index (χ4n) is 4.13. The van der Waals surface area contributed by atoms with E-state index in [1.165, 1.54) is 4.90 Å². The summed E-state index contributed by atoms with van der Waals surface area (Å²) in [7, 11) is -3.85. The molecule has 0 aromatic heterocycles. The zero-order valence-electron chi connectivity index (χ0n) is 21.5. The number of hydrogen-bond acceptors (Lipinski definition) is 4. The van der Waals surface area contributed by atoms with E-state index in [2.05, 4.69) is 5.32 Å². The highest BCUT2D eigenvalue weighted by molar-refractivity contribution is 7.92. The number of nitrogens with zero attached hydrogens (tertiary/aromatic N) is 2. The molecule has 0 aliphatic carbocycles. The molecule has 0 saturated carbocycles. The average molecular weight is 577 g/mol. The van der Waals surface area contributed by atoms with E-state index < -0.39 is 28.5 Å². The zero-order chi connectivity index (χ0) is 27.9. The normalized spacial score (nSPS) is 12.0. The van der Waals surface area contributed by atoms with Crippen molar-refractivity contribution in [1.29, 1.82) is 0 Å². The van der Waals surface area contributed by atoms with Crippen molar-refractivity contribution >= 4 is 50.7 Å². The molecule has 1 N–H and O–H groups in total. The minimum Gasteiger partial charge on any atom is -0.355 e. The monoisotopic (exact) mass is 575 g/mol. The predicted octanol–water partition coefficient (Wildman–Crippen LogP) is 4.84. The molecule has 0 saturated heterocycles. The molecule has 0 unspecified atom stereocenters. The van der Waals surface area contributed by atoms with Crippen molar-refractivity contribution in [2.24, 2.45) is 0 Å². The predicted molar refractivity (Wildman–Crippen MR) is 153 cm³/mol. The average Bonchev–Trinajstić information content (AvgIpc) is 2.86. The molecule has 0 aliphatic rings. The second-order valence-corrected chi connectivity index (χ2v) is 11.7. The molecule has 0 radical (unpaired) electrons. The van der Waals surface area contributed by atoms with Crippen LogP contribution in [-0.4, -0.2) is 50.5 Å². The highest BCUT2D eigenvalue weighted by Gasteiger charge is 2.33. The van der Waals surface area contributed by atoms with Gasteiger partial charge in [0.1, 0.15) is 12.6 Å². The topological polar surface area (TPSA) is 86.8 Å². The van der Waals surface area contributed by atoms with Crippen molar-refractivity contribution in [2.45, 2.75) is 32.9 Å². The summed E-state index contributed by atoms with van der Waals surface area (Å²) in [5.41, 5.74) is 2.56. The van der Waals surface area contributed by atoms with E-state index in [-0.39, 0.29) is 18.9 Å². The number of carbonyl (C=O) groups excluding carboxylic acids is 2. The van der Waals surface area contributed by atoms with Crippen LogP contribution in [-0.2, 0) is 32.6 Å². The number of nitrogens with one attached hydrogen (secondary N) is 1. The first-order valence-electron chi connectivity index (χ1n) is 12.1. The van der Waals surface area contributed by atoms with Gasteiger partial charge in [-0.3, -0.25) is 13.9 Å². The van der Waals surface area contributed by atoms with E-state index in [4.69, 9.17) is 23.2 Å². The number of carbonyl (C=O) groups is 2. The number of benzene rings is 3. The van der Waals surface area contributed by atoms with Gasteiger partial charge in [-0.25, -0.2) is 8.42 Å². The van der Waals surface area contributed by atoms with E-state index in [1.807, 2.05) is 30.3 Å². The van der Waals surface area contributed by atoms with Crippen LogP contribution in [0, 0.1) is 6.92 Å². The van der Waals surface area contributed by atoms with E-state index in [0.29, 0.717) is 27.8 Å². The van der Waals surface area contributed by atoms with Crippen molar-refractivity contribution in [3.05, 3.63) is 99.5 Å². The lowest BCUT2D eigenvalue weighted by Crippen LogP contribution is -2.53. The number of rotatable bonds is 11. The third-order valence-corrected chi connectivity index (χ3v) is 7.61. The molecule has 3 aromatic rings. The lowest BCUT2D eigenvalue weighted by Gasteiger charge is -2.33. The highest BCUT2D eigenvalue weighted by atomic mass is 35.5. The van der Waals surface area contributed by atoms with E-state index in [9.17, 15) is 18.0 Å². The summed E-state index contributed by atoms with van der Waals surface area (Å²) >= 11 is 12.1. The van der Waals surface area contributed by atoms with Gasteiger partial charge in [0.05, 0.1) is 11.9 Å². The Morgan fingerprint density at radius 2 is 1.55 bits per heavy atom. The molecule has 38 heavy (non-hydrogen) atoms. The Balaban J connectivity index is 2.05. The first kappa shape index (κ1) is 29.5. The van der Waals surface area contributed by atoms with Crippen LogP contribution in [0.4, 0.5) is 5.69 Å². The number of aryl methyl sites for hydroxylation is 1. The van der Waals surface area contributed by atoms with Crippen LogP contribution in [0.3, 0.4) is 0 Å². The van der Waals surface area contributed by atoms with Crippen LogP contribution in [0.25, 0.3) is 0 Å². The van der Waals surface area contributed by atoms with Crippen molar-refractivity contribution in [3.63, 3.8) is 0 Å². The molecule has 0 bridgehead atoms. The maximum atomic E-state index is 14.0. The molecule has 7 nitrogen and oxygen atoms in total. The van der Waals surface area contributed by atoms with Crippen molar-refractivity contribution < 1.29 is 18.0 Å². The van der Waals surface area contributed by atoms with Crippen LogP contribution < -0.4 is 9.62 Å². The highest BCUT2D eigenvalue weighted by Crippen LogP contribution is 2.26. The summed E-state index contributed by atoms with van der Waals surface area (Å²) in [6.45, 7) is 3.51. The fraction of sp³-hybridized carbons (Fsp3) is 0.286. The maximum Gasteiger partial charge on any atom is 0.244 e. The molecule has 3 aromatic carbocycles. The van der Waals surface area contributed by atoms with Gasteiger partial charge in [-0.2, -0.15) is 0 Å². The molecule has 2 amide bonds. The Bertz CT molecular complexity index is 1370. The van der Waals surface area contributed by atoms with Gasteiger partial charge in [0.25, 0.3) is 0 Å². The molecule has 202 valence electrons.